The second-order valence-electron chi connectivity index (χ2n) is 5.00. The van der Waals surface area contributed by atoms with Crippen LogP contribution in [0.5, 0.6) is 5.75 Å². The molecule has 0 aliphatic rings. The Morgan fingerprint density at radius 2 is 2.24 bits per heavy atom. The lowest BCUT2D eigenvalue weighted by Gasteiger charge is -2.00. The Kier molecular flexibility index (Phi) is 4.55. The van der Waals surface area contributed by atoms with Crippen molar-refractivity contribution in [3.05, 3.63) is 34.1 Å². The number of nitrogens with zero attached hydrogens (tertiary/aromatic N) is 5. The van der Waals surface area contributed by atoms with E-state index < -0.39 is 0 Å². The van der Waals surface area contributed by atoms with Crippen molar-refractivity contribution in [2.75, 3.05) is 7.11 Å². The summed E-state index contributed by atoms with van der Waals surface area (Å²) in [6, 6.07) is 4.03. The molecule has 0 saturated carbocycles. The molecule has 0 N–H and O–H groups in total. The summed E-state index contributed by atoms with van der Waals surface area (Å²) in [6.45, 7) is 0. The summed E-state index contributed by atoms with van der Waals surface area (Å²) in [5.41, 5.74) is 0.815. The fourth-order valence-electron chi connectivity index (χ4n) is 2.21. The summed E-state index contributed by atoms with van der Waals surface area (Å²) < 4.78 is 12.6. The molecule has 0 aliphatic carbocycles. The van der Waals surface area contributed by atoms with Crippen LogP contribution in [0.1, 0.15) is 5.82 Å². The number of hydrogen-bond donors (Lipinski definition) is 0. The van der Waals surface area contributed by atoms with Crippen molar-refractivity contribution >= 4 is 34.4 Å². The van der Waals surface area contributed by atoms with Crippen LogP contribution in [0.25, 0.3) is 22.2 Å². The van der Waals surface area contributed by atoms with Gasteiger partial charge in [-0.15, -0.1) is 32.9 Å². The molecule has 0 bridgehead atoms. The van der Waals surface area contributed by atoms with Crippen LogP contribution in [0, 0.1) is 0 Å². The van der Waals surface area contributed by atoms with Gasteiger partial charge < -0.3 is 13.8 Å². The molecule has 4 aromatic heterocycles. The summed E-state index contributed by atoms with van der Waals surface area (Å²) in [5, 5.41) is 19.2. The van der Waals surface area contributed by atoms with Crippen LogP contribution in [0.4, 0.5) is 0 Å². The molecule has 0 radical (unpaired) electrons. The Labute approximate surface area is 155 Å². The Bertz CT molecular complexity index is 973. The quantitative estimate of drug-likeness (QED) is 0.460. The fourth-order valence-corrected chi connectivity index (χ4v) is 4.48. The van der Waals surface area contributed by atoms with Crippen LogP contribution in [-0.4, -0.2) is 32.0 Å². The first-order valence-corrected chi connectivity index (χ1v) is 10.1. The molecule has 25 heavy (non-hydrogen) atoms. The van der Waals surface area contributed by atoms with E-state index in [9.17, 15) is 0 Å². The molecule has 0 atom stereocenters. The van der Waals surface area contributed by atoms with E-state index in [1.807, 2.05) is 39.9 Å². The zero-order valence-electron chi connectivity index (χ0n) is 13.4. The molecule has 4 heterocycles. The molecular weight excluding hydrogens is 378 g/mol. The van der Waals surface area contributed by atoms with Crippen molar-refractivity contribution in [1.82, 2.24) is 24.9 Å². The predicted octanol–water partition coefficient (Wildman–Crippen LogP) is 3.96. The fraction of sp³-hybridized carbons (Fsp3) is 0.200. The average molecular weight is 392 g/mol. The minimum atomic E-state index is 0.464. The van der Waals surface area contributed by atoms with Crippen molar-refractivity contribution in [1.29, 1.82) is 0 Å². The maximum absolute atomic E-state index is 5.35. The van der Waals surface area contributed by atoms with E-state index in [0.717, 1.165) is 27.2 Å². The Balaban J connectivity index is 1.48. The predicted molar refractivity (Wildman–Crippen MR) is 98.0 cm³/mol. The standard InChI is InChI=1S/C15H13N5O2S3/c1-20-13(11-4-3-5-24-11)17-18-15(20)25-8-12-16-14(22-19-12)9-6-23-7-10(9)21-2/h3-7H,8H2,1-2H3. The van der Waals surface area contributed by atoms with Gasteiger partial charge in [0, 0.05) is 17.8 Å². The Morgan fingerprint density at radius 1 is 1.32 bits per heavy atom. The number of thioether (sulfide) groups is 1. The summed E-state index contributed by atoms with van der Waals surface area (Å²) >= 11 is 4.69. The molecule has 128 valence electrons. The normalized spacial score (nSPS) is 11.1. The van der Waals surface area contributed by atoms with Crippen molar-refractivity contribution in [2.45, 2.75) is 10.9 Å². The highest BCUT2D eigenvalue weighted by molar-refractivity contribution is 7.98. The molecule has 4 rings (SSSR count). The third-order valence-corrected chi connectivity index (χ3v) is 6.06. The molecule has 0 spiro atoms. The second kappa shape index (κ2) is 6.98. The molecule has 10 heteroatoms. The van der Waals surface area contributed by atoms with Gasteiger partial charge in [0.2, 0.25) is 0 Å². The smallest absolute Gasteiger partial charge is 0.262 e. The number of aromatic nitrogens is 5. The van der Waals surface area contributed by atoms with Crippen LogP contribution >= 0.6 is 34.4 Å². The zero-order valence-corrected chi connectivity index (χ0v) is 15.8. The van der Waals surface area contributed by atoms with Crippen LogP contribution in [-0.2, 0) is 12.8 Å². The molecule has 7 nitrogen and oxygen atoms in total. The highest BCUT2D eigenvalue weighted by Gasteiger charge is 2.16. The Hall–Kier alpha value is -2.17. The highest BCUT2D eigenvalue weighted by Crippen LogP contribution is 2.33. The van der Waals surface area contributed by atoms with Gasteiger partial charge in [0.15, 0.2) is 16.8 Å². The molecule has 0 fully saturated rings. The summed E-state index contributed by atoms with van der Waals surface area (Å²) in [4.78, 5) is 5.53. The largest absolute Gasteiger partial charge is 0.495 e. The van der Waals surface area contributed by atoms with E-state index >= 15 is 0 Å². The number of rotatable bonds is 6. The van der Waals surface area contributed by atoms with Gasteiger partial charge in [-0.05, 0) is 11.4 Å². The van der Waals surface area contributed by atoms with Gasteiger partial charge in [-0.3, -0.25) is 0 Å². The van der Waals surface area contributed by atoms with Crippen molar-refractivity contribution < 1.29 is 9.26 Å². The van der Waals surface area contributed by atoms with Gasteiger partial charge in [-0.1, -0.05) is 23.0 Å². The van der Waals surface area contributed by atoms with E-state index in [1.165, 1.54) is 23.1 Å². The van der Waals surface area contributed by atoms with E-state index in [-0.39, 0.29) is 0 Å². The average Bonchev–Trinajstić information content (AvgIpc) is 3.39. The third kappa shape index (κ3) is 3.20. The van der Waals surface area contributed by atoms with Crippen LogP contribution in [0.3, 0.4) is 0 Å². The number of methoxy groups -OCH3 is 1. The van der Waals surface area contributed by atoms with Gasteiger partial charge in [0.05, 0.1) is 23.3 Å². The monoisotopic (exact) mass is 391 g/mol. The summed E-state index contributed by atoms with van der Waals surface area (Å²) in [5.74, 6) is 3.21. The van der Waals surface area contributed by atoms with E-state index in [0.29, 0.717) is 17.5 Å². The lowest BCUT2D eigenvalue weighted by molar-refractivity contribution is 0.405. The van der Waals surface area contributed by atoms with Crippen LogP contribution in [0.15, 0.2) is 38.0 Å². The lowest BCUT2D eigenvalue weighted by Crippen LogP contribution is -1.94. The minimum absolute atomic E-state index is 0.464. The molecule has 4 aromatic rings. The SMILES string of the molecule is COc1cscc1-c1nc(CSc2nnc(-c3cccs3)n2C)no1. The van der Waals surface area contributed by atoms with Crippen LogP contribution < -0.4 is 4.74 Å². The van der Waals surface area contributed by atoms with Gasteiger partial charge in [-0.25, -0.2) is 0 Å². The Morgan fingerprint density at radius 3 is 3.04 bits per heavy atom. The van der Waals surface area contributed by atoms with E-state index in [4.69, 9.17) is 9.26 Å². The number of thiophene rings is 2. The summed E-state index contributed by atoms with van der Waals surface area (Å²) in [6.07, 6.45) is 0. The maximum atomic E-state index is 5.35. The van der Waals surface area contributed by atoms with Crippen molar-refractivity contribution in [2.24, 2.45) is 7.05 Å². The second-order valence-corrected chi connectivity index (χ2v) is 7.63. The van der Waals surface area contributed by atoms with Gasteiger partial charge in [0.1, 0.15) is 5.75 Å². The minimum Gasteiger partial charge on any atom is -0.495 e. The highest BCUT2D eigenvalue weighted by atomic mass is 32.2. The molecule has 0 aromatic carbocycles. The first kappa shape index (κ1) is 16.3. The zero-order chi connectivity index (χ0) is 17.2. The van der Waals surface area contributed by atoms with Crippen LogP contribution in [0.2, 0.25) is 0 Å². The molecule has 0 saturated heterocycles. The number of ether oxygens (including phenoxy) is 1. The summed E-state index contributed by atoms with van der Waals surface area (Å²) in [7, 11) is 3.58. The first-order valence-electron chi connectivity index (χ1n) is 7.25. The van der Waals surface area contributed by atoms with Gasteiger partial charge in [0.25, 0.3) is 5.89 Å². The van der Waals surface area contributed by atoms with E-state index in [1.54, 1.807) is 18.4 Å². The van der Waals surface area contributed by atoms with Crippen molar-refractivity contribution in [3.63, 3.8) is 0 Å². The van der Waals surface area contributed by atoms with E-state index in [2.05, 4.69) is 20.3 Å². The van der Waals surface area contributed by atoms with Gasteiger partial charge in [-0.2, -0.15) is 4.98 Å². The molecular formula is C15H13N5O2S3. The number of hydrogen-bond acceptors (Lipinski definition) is 9. The topological polar surface area (TPSA) is 78.9 Å². The lowest BCUT2D eigenvalue weighted by atomic mass is 10.3. The molecule has 0 amide bonds. The third-order valence-electron chi connectivity index (χ3n) is 3.45. The molecule has 0 aliphatic heterocycles. The van der Waals surface area contributed by atoms with Crippen molar-refractivity contribution in [3.8, 4) is 27.9 Å². The first-order chi connectivity index (χ1) is 12.3. The maximum Gasteiger partial charge on any atom is 0.262 e. The molecule has 0 unspecified atom stereocenters. The van der Waals surface area contributed by atoms with Gasteiger partial charge >= 0.3 is 0 Å².